The first-order valence-electron chi connectivity index (χ1n) is 5.37. The van der Waals surface area contributed by atoms with Gasteiger partial charge in [-0.2, -0.15) is 0 Å². The van der Waals surface area contributed by atoms with E-state index in [1.807, 2.05) is 30.3 Å². The smallest absolute Gasteiger partial charge is 0.146 e. The molecule has 5 heteroatoms. The van der Waals surface area contributed by atoms with E-state index in [0.717, 1.165) is 16.5 Å². The fourth-order valence-electron chi connectivity index (χ4n) is 1.79. The number of nitrogens with zero attached hydrogens (tertiary/aromatic N) is 3. The van der Waals surface area contributed by atoms with Gasteiger partial charge < -0.3 is 5.73 Å². The lowest BCUT2D eigenvalue weighted by molar-refractivity contribution is 1.18. The summed E-state index contributed by atoms with van der Waals surface area (Å²) in [4.78, 5) is 12.4. The van der Waals surface area contributed by atoms with Crippen LogP contribution in [0.3, 0.4) is 0 Å². The quantitative estimate of drug-likeness (QED) is 0.727. The Hall–Kier alpha value is -2.20. The number of anilines is 1. The van der Waals surface area contributed by atoms with Crippen LogP contribution in [0, 0.1) is 0 Å². The normalized spacial score (nSPS) is 10.7. The van der Waals surface area contributed by atoms with Gasteiger partial charge in [0.1, 0.15) is 17.2 Å². The number of halogens is 1. The number of aromatic nitrogens is 3. The Morgan fingerprint density at radius 2 is 1.89 bits per heavy atom. The van der Waals surface area contributed by atoms with Gasteiger partial charge in [-0.15, -0.1) is 0 Å². The Labute approximate surface area is 108 Å². The molecular formula is C13H9ClN4. The van der Waals surface area contributed by atoms with E-state index in [1.165, 1.54) is 6.33 Å². The van der Waals surface area contributed by atoms with E-state index in [1.54, 1.807) is 6.20 Å². The van der Waals surface area contributed by atoms with Crippen LogP contribution in [-0.4, -0.2) is 15.0 Å². The minimum Gasteiger partial charge on any atom is -0.382 e. The third-order valence-electron chi connectivity index (χ3n) is 2.68. The Kier molecular flexibility index (Phi) is 2.57. The Morgan fingerprint density at radius 1 is 1.06 bits per heavy atom. The van der Waals surface area contributed by atoms with Gasteiger partial charge in [-0.1, -0.05) is 29.8 Å². The Morgan fingerprint density at radius 3 is 2.78 bits per heavy atom. The largest absolute Gasteiger partial charge is 0.382 e. The fraction of sp³-hybridized carbons (Fsp3) is 0. The van der Waals surface area contributed by atoms with Gasteiger partial charge in [0.2, 0.25) is 0 Å². The second-order valence-electron chi connectivity index (χ2n) is 3.84. The van der Waals surface area contributed by atoms with Gasteiger partial charge >= 0.3 is 0 Å². The molecule has 88 valence electrons. The van der Waals surface area contributed by atoms with Crippen LogP contribution in [0.15, 0.2) is 42.9 Å². The molecule has 0 amide bonds. The van der Waals surface area contributed by atoms with Crippen molar-refractivity contribution in [2.75, 3.05) is 5.73 Å². The summed E-state index contributed by atoms with van der Waals surface area (Å²) in [6.45, 7) is 0. The molecule has 1 aromatic carbocycles. The molecule has 3 rings (SSSR count). The Bertz CT molecular complexity index is 727. The van der Waals surface area contributed by atoms with E-state index >= 15 is 0 Å². The molecule has 0 radical (unpaired) electrons. The zero-order valence-corrected chi connectivity index (χ0v) is 10.1. The molecule has 2 aromatic heterocycles. The number of nitrogens with two attached hydrogens (primary N) is 1. The van der Waals surface area contributed by atoms with Gasteiger partial charge in [0.15, 0.2) is 0 Å². The average molecular weight is 257 g/mol. The molecule has 0 aliphatic carbocycles. The maximum atomic E-state index is 6.10. The molecule has 18 heavy (non-hydrogen) atoms. The van der Waals surface area contributed by atoms with Crippen molar-refractivity contribution < 1.29 is 0 Å². The summed E-state index contributed by atoms with van der Waals surface area (Å²) in [6.07, 6.45) is 3.13. The summed E-state index contributed by atoms with van der Waals surface area (Å²) >= 11 is 6.10. The van der Waals surface area contributed by atoms with E-state index < -0.39 is 0 Å². The molecule has 0 unspecified atom stereocenters. The van der Waals surface area contributed by atoms with Crippen LogP contribution in [0.1, 0.15) is 0 Å². The van der Waals surface area contributed by atoms with Crippen molar-refractivity contribution in [1.82, 2.24) is 15.0 Å². The van der Waals surface area contributed by atoms with Gasteiger partial charge in [0, 0.05) is 17.1 Å². The lowest BCUT2D eigenvalue weighted by Crippen LogP contribution is -1.95. The molecule has 2 heterocycles. The summed E-state index contributed by atoms with van der Waals surface area (Å²) in [5, 5.41) is 1.39. The summed E-state index contributed by atoms with van der Waals surface area (Å²) < 4.78 is 0. The predicted molar refractivity (Wildman–Crippen MR) is 72.2 cm³/mol. The third-order valence-corrected chi connectivity index (χ3v) is 3.05. The first-order chi connectivity index (χ1) is 8.75. The fourth-order valence-corrected chi connectivity index (χ4v) is 1.99. The number of nitrogen functional groups attached to an aromatic ring is 1. The molecule has 0 atom stereocenters. The number of fused-ring (bicyclic) bond motifs is 1. The van der Waals surface area contributed by atoms with E-state index in [0.29, 0.717) is 10.7 Å². The van der Waals surface area contributed by atoms with E-state index in [2.05, 4.69) is 15.0 Å². The van der Waals surface area contributed by atoms with Crippen molar-refractivity contribution in [2.24, 2.45) is 0 Å². The van der Waals surface area contributed by atoms with Crippen molar-refractivity contribution in [3.8, 4) is 11.3 Å². The van der Waals surface area contributed by atoms with E-state index in [-0.39, 0.29) is 5.82 Å². The minimum atomic E-state index is 0.273. The molecule has 4 nitrogen and oxygen atoms in total. The molecular weight excluding hydrogens is 248 g/mol. The van der Waals surface area contributed by atoms with Crippen molar-refractivity contribution in [1.29, 1.82) is 0 Å². The lowest BCUT2D eigenvalue weighted by atomic mass is 10.1. The topological polar surface area (TPSA) is 64.7 Å². The van der Waals surface area contributed by atoms with Crippen molar-refractivity contribution >= 4 is 28.3 Å². The van der Waals surface area contributed by atoms with Crippen molar-refractivity contribution in [2.45, 2.75) is 0 Å². The van der Waals surface area contributed by atoms with Crippen LogP contribution in [0.5, 0.6) is 0 Å². The van der Waals surface area contributed by atoms with Gasteiger partial charge in [-0.3, -0.25) is 4.98 Å². The Balaban J connectivity index is 2.22. The number of benzene rings is 1. The number of hydrogen-bond donors (Lipinski definition) is 1. The van der Waals surface area contributed by atoms with Crippen LogP contribution in [0.25, 0.3) is 22.2 Å². The molecule has 3 aromatic rings. The van der Waals surface area contributed by atoms with Crippen LogP contribution < -0.4 is 5.73 Å². The predicted octanol–water partition coefficient (Wildman–Crippen LogP) is 2.93. The van der Waals surface area contributed by atoms with Crippen LogP contribution in [-0.2, 0) is 0 Å². The maximum Gasteiger partial charge on any atom is 0.146 e. The monoisotopic (exact) mass is 256 g/mol. The molecule has 0 fully saturated rings. The summed E-state index contributed by atoms with van der Waals surface area (Å²) in [5.74, 6) is 0.273. The molecule has 0 saturated heterocycles. The molecule has 0 aliphatic heterocycles. The van der Waals surface area contributed by atoms with Gasteiger partial charge in [0.05, 0.1) is 11.2 Å². The molecule has 0 saturated carbocycles. The lowest BCUT2D eigenvalue weighted by Gasteiger charge is -2.05. The first-order valence-corrected chi connectivity index (χ1v) is 5.74. The second kappa shape index (κ2) is 4.23. The highest BCUT2D eigenvalue weighted by atomic mass is 35.5. The molecule has 0 bridgehead atoms. The highest BCUT2D eigenvalue weighted by Crippen LogP contribution is 2.29. The summed E-state index contributed by atoms with van der Waals surface area (Å²) in [5.41, 5.74) is 8.02. The highest BCUT2D eigenvalue weighted by Gasteiger charge is 2.09. The number of hydrogen-bond acceptors (Lipinski definition) is 4. The summed E-state index contributed by atoms with van der Waals surface area (Å²) in [6, 6.07) is 9.84. The molecule has 0 spiro atoms. The van der Waals surface area contributed by atoms with Gasteiger partial charge in [-0.05, 0) is 12.1 Å². The van der Waals surface area contributed by atoms with Crippen molar-refractivity contribution in [3.05, 3.63) is 47.9 Å². The van der Waals surface area contributed by atoms with Gasteiger partial charge in [0.25, 0.3) is 0 Å². The average Bonchev–Trinajstić information content (AvgIpc) is 2.41. The van der Waals surface area contributed by atoms with Crippen LogP contribution >= 0.6 is 11.6 Å². The maximum absolute atomic E-state index is 6.10. The zero-order chi connectivity index (χ0) is 12.5. The van der Waals surface area contributed by atoms with Crippen LogP contribution in [0.2, 0.25) is 5.02 Å². The number of pyridine rings is 1. The molecule has 2 N–H and O–H groups in total. The SMILES string of the molecule is Nc1ncnc(-c2cnc3ccccc3c2)c1Cl. The summed E-state index contributed by atoms with van der Waals surface area (Å²) in [7, 11) is 0. The minimum absolute atomic E-state index is 0.273. The van der Waals surface area contributed by atoms with Crippen molar-refractivity contribution in [3.63, 3.8) is 0 Å². The standard InChI is InChI=1S/C13H9ClN4/c14-11-12(17-7-18-13(11)15)9-5-8-3-1-2-4-10(8)16-6-9/h1-7H,(H2,15,17,18). The number of rotatable bonds is 1. The first kappa shape index (κ1) is 10.9. The van der Waals surface area contributed by atoms with Crippen LogP contribution in [0.4, 0.5) is 5.82 Å². The van der Waals surface area contributed by atoms with E-state index in [4.69, 9.17) is 17.3 Å². The third kappa shape index (κ3) is 1.76. The molecule has 0 aliphatic rings. The second-order valence-corrected chi connectivity index (χ2v) is 4.22. The highest BCUT2D eigenvalue weighted by molar-refractivity contribution is 6.35. The zero-order valence-electron chi connectivity index (χ0n) is 9.34. The van der Waals surface area contributed by atoms with E-state index in [9.17, 15) is 0 Å². The number of para-hydroxylation sites is 1. The van der Waals surface area contributed by atoms with Gasteiger partial charge in [-0.25, -0.2) is 9.97 Å².